The molecule has 1 heterocycles. The van der Waals surface area contributed by atoms with Crippen molar-refractivity contribution in [3.63, 3.8) is 0 Å². The van der Waals surface area contributed by atoms with E-state index in [9.17, 15) is 23.1 Å². The molecule has 1 aliphatic heterocycles. The van der Waals surface area contributed by atoms with Crippen LogP contribution in [0.5, 0.6) is 5.75 Å². The number of methoxy groups -OCH3 is 1. The molecule has 1 amide bonds. The molecule has 2 N–H and O–H groups in total. The molecule has 1 aromatic rings. The lowest BCUT2D eigenvalue weighted by Crippen LogP contribution is -2.47. The second-order valence-electron chi connectivity index (χ2n) is 3.69. The van der Waals surface area contributed by atoms with Gasteiger partial charge in [0.05, 0.1) is 17.3 Å². The molecule has 4 nitrogen and oxygen atoms in total. The number of ether oxygens (including phenoxy) is 1. The fourth-order valence-corrected chi connectivity index (χ4v) is 2.23. The highest BCUT2D eigenvalue weighted by molar-refractivity contribution is 9.10. The predicted molar refractivity (Wildman–Crippen MR) is 59.3 cm³/mol. The van der Waals surface area contributed by atoms with E-state index in [-0.39, 0.29) is 15.9 Å². The number of carbonyl (C=O) groups excluding carboxylic acids is 1. The molecule has 1 unspecified atom stereocenters. The van der Waals surface area contributed by atoms with E-state index in [0.717, 1.165) is 6.07 Å². The first-order chi connectivity index (χ1) is 8.21. The standard InChI is InChI=1S/C10H7BrF3NO3/c1-18-7-3-6-4(2-5(7)11)9(17,8(16)15-6)10(12,13)14/h2-3,17H,1H3,(H,15,16). The summed E-state index contributed by atoms with van der Waals surface area (Å²) in [5.74, 6) is -1.27. The maximum absolute atomic E-state index is 12.8. The van der Waals surface area contributed by atoms with Crippen LogP contribution in [0.2, 0.25) is 0 Å². The van der Waals surface area contributed by atoms with Crippen molar-refractivity contribution in [2.45, 2.75) is 11.8 Å². The summed E-state index contributed by atoms with van der Waals surface area (Å²) in [5.41, 5.74) is -4.20. The third kappa shape index (κ3) is 1.59. The van der Waals surface area contributed by atoms with Gasteiger partial charge in [0.15, 0.2) is 0 Å². The molecule has 98 valence electrons. The lowest BCUT2D eigenvalue weighted by Gasteiger charge is -2.23. The third-order valence-corrected chi connectivity index (χ3v) is 3.29. The van der Waals surface area contributed by atoms with Gasteiger partial charge in [0.2, 0.25) is 0 Å². The molecule has 18 heavy (non-hydrogen) atoms. The fraction of sp³-hybridized carbons (Fsp3) is 0.300. The maximum atomic E-state index is 12.8. The van der Waals surface area contributed by atoms with Crippen molar-refractivity contribution in [1.29, 1.82) is 0 Å². The van der Waals surface area contributed by atoms with Crippen molar-refractivity contribution in [3.8, 4) is 5.75 Å². The Morgan fingerprint density at radius 1 is 1.44 bits per heavy atom. The van der Waals surface area contributed by atoms with Gasteiger partial charge in [-0.3, -0.25) is 4.79 Å². The smallest absolute Gasteiger partial charge is 0.430 e. The van der Waals surface area contributed by atoms with Gasteiger partial charge in [0.1, 0.15) is 5.75 Å². The van der Waals surface area contributed by atoms with E-state index in [1.165, 1.54) is 13.2 Å². The van der Waals surface area contributed by atoms with Crippen LogP contribution in [0.4, 0.5) is 18.9 Å². The summed E-state index contributed by atoms with van der Waals surface area (Å²) in [6.45, 7) is 0. The second-order valence-corrected chi connectivity index (χ2v) is 4.55. The highest BCUT2D eigenvalue weighted by Crippen LogP contribution is 2.49. The van der Waals surface area contributed by atoms with Crippen LogP contribution in [0.1, 0.15) is 5.56 Å². The second kappa shape index (κ2) is 3.86. The van der Waals surface area contributed by atoms with E-state index < -0.39 is 23.2 Å². The van der Waals surface area contributed by atoms with Gasteiger partial charge in [-0.2, -0.15) is 13.2 Å². The minimum Gasteiger partial charge on any atom is -0.495 e. The third-order valence-electron chi connectivity index (χ3n) is 2.67. The predicted octanol–water partition coefficient (Wildman–Crippen LogP) is 2.16. The highest BCUT2D eigenvalue weighted by Gasteiger charge is 2.64. The Kier molecular flexibility index (Phi) is 2.82. The van der Waals surface area contributed by atoms with Gasteiger partial charge in [0.25, 0.3) is 11.5 Å². The zero-order valence-electron chi connectivity index (χ0n) is 8.93. The molecule has 0 aromatic heterocycles. The van der Waals surface area contributed by atoms with Crippen LogP contribution in [0.25, 0.3) is 0 Å². The van der Waals surface area contributed by atoms with E-state index in [1.807, 2.05) is 5.32 Å². The van der Waals surface area contributed by atoms with Crippen molar-refractivity contribution >= 4 is 27.5 Å². The first-order valence-corrected chi connectivity index (χ1v) is 5.49. The topological polar surface area (TPSA) is 58.6 Å². The summed E-state index contributed by atoms with van der Waals surface area (Å²) in [4.78, 5) is 11.4. The van der Waals surface area contributed by atoms with Crippen LogP contribution >= 0.6 is 15.9 Å². The number of anilines is 1. The van der Waals surface area contributed by atoms with E-state index in [1.54, 1.807) is 0 Å². The largest absolute Gasteiger partial charge is 0.495 e. The number of alkyl halides is 3. The van der Waals surface area contributed by atoms with Gasteiger partial charge >= 0.3 is 6.18 Å². The number of hydrogen-bond acceptors (Lipinski definition) is 3. The Hall–Kier alpha value is -1.28. The van der Waals surface area contributed by atoms with E-state index in [0.29, 0.717) is 0 Å². The van der Waals surface area contributed by atoms with Gasteiger partial charge in [0, 0.05) is 11.6 Å². The van der Waals surface area contributed by atoms with Crippen LogP contribution in [-0.4, -0.2) is 24.3 Å². The summed E-state index contributed by atoms with van der Waals surface area (Å²) in [5, 5.41) is 11.6. The SMILES string of the molecule is COc1cc2c(cc1Br)C(O)(C(F)(F)F)C(=O)N2. The monoisotopic (exact) mass is 325 g/mol. The molecular weight excluding hydrogens is 319 g/mol. The lowest BCUT2D eigenvalue weighted by molar-refractivity contribution is -0.252. The number of amides is 1. The summed E-state index contributed by atoms with van der Waals surface area (Å²) >= 11 is 3.01. The quantitative estimate of drug-likeness (QED) is 0.832. The number of carbonyl (C=O) groups is 1. The normalized spacial score (nSPS) is 22.7. The van der Waals surface area contributed by atoms with Crippen LogP contribution < -0.4 is 10.1 Å². The molecule has 0 bridgehead atoms. The first kappa shape index (κ1) is 13.2. The van der Waals surface area contributed by atoms with Crippen molar-refractivity contribution in [3.05, 3.63) is 22.2 Å². The van der Waals surface area contributed by atoms with Crippen LogP contribution in [0.15, 0.2) is 16.6 Å². The zero-order valence-corrected chi connectivity index (χ0v) is 10.5. The van der Waals surface area contributed by atoms with Crippen molar-refractivity contribution in [1.82, 2.24) is 0 Å². The van der Waals surface area contributed by atoms with Gasteiger partial charge in [-0.1, -0.05) is 0 Å². The average Bonchev–Trinajstić information content (AvgIpc) is 2.51. The molecule has 8 heteroatoms. The van der Waals surface area contributed by atoms with E-state index in [2.05, 4.69) is 15.9 Å². The minimum atomic E-state index is -5.10. The van der Waals surface area contributed by atoms with E-state index >= 15 is 0 Å². The summed E-state index contributed by atoms with van der Waals surface area (Å²) in [6.07, 6.45) is -5.10. The Balaban J connectivity index is 2.67. The zero-order chi connectivity index (χ0) is 13.7. The first-order valence-electron chi connectivity index (χ1n) is 4.70. The number of halogens is 4. The van der Waals surface area contributed by atoms with Gasteiger partial charge < -0.3 is 15.2 Å². The number of rotatable bonds is 1. The van der Waals surface area contributed by atoms with Gasteiger partial charge in [-0.05, 0) is 22.0 Å². The Morgan fingerprint density at radius 3 is 2.56 bits per heavy atom. The van der Waals surface area contributed by atoms with Gasteiger partial charge in [-0.15, -0.1) is 0 Å². The number of fused-ring (bicyclic) bond motifs is 1. The molecule has 0 fully saturated rings. The average molecular weight is 326 g/mol. The van der Waals surface area contributed by atoms with Crippen molar-refractivity contribution in [2.75, 3.05) is 12.4 Å². The molecule has 1 aromatic carbocycles. The summed E-state index contributed by atoms with van der Waals surface area (Å²) in [7, 11) is 1.33. The Bertz CT molecular complexity index is 532. The molecule has 0 spiro atoms. The number of hydrogen-bond donors (Lipinski definition) is 2. The highest BCUT2D eigenvalue weighted by atomic mass is 79.9. The summed E-state index contributed by atoms with van der Waals surface area (Å²) < 4.78 is 43.6. The molecule has 0 aliphatic carbocycles. The molecule has 2 rings (SSSR count). The fourth-order valence-electron chi connectivity index (χ4n) is 1.73. The van der Waals surface area contributed by atoms with Crippen LogP contribution in [0.3, 0.4) is 0 Å². The Morgan fingerprint density at radius 2 is 2.06 bits per heavy atom. The minimum absolute atomic E-state index is 0.125. The number of nitrogens with one attached hydrogen (secondary N) is 1. The molecule has 0 saturated heterocycles. The van der Waals surface area contributed by atoms with Crippen molar-refractivity contribution < 1.29 is 27.8 Å². The molecule has 1 aliphatic rings. The maximum Gasteiger partial charge on any atom is 0.430 e. The van der Waals surface area contributed by atoms with Crippen LogP contribution in [0, 0.1) is 0 Å². The molecule has 1 atom stereocenters. The lowest BCUT2D eigenvalue weighted by atomic mass is 9.95. The van der Waals surface area contributed by atoms with Crippen molar-refractivity contribution in [2.24, 2.45) is 0 Å². The molecule has 0 radical (unpaired) electrons. The Labute approximate surface area is 108 Å². The van der Waals surface area contributed by atoms with Gasteiger partial charge in [-0.25, -0.2) is 0 Å². The number of aliphatic hydroxyl groups is 1. The summed E-state index contributed by atoms with van der Waals surface area (Å²) in [6, 6.07) is 2.22. The van der Waals surface area contributed by atoms with Crippen LogP contribution in [-0.2, 0) is 10.4 Å². The molecular formula is C10H7BrF3NO3. The molecule has 0 saturated carbocycles. The number of benzene rings is 1. The van der Waals surface area contributed by atoms with E-state index in [4.69, 9.17) is 4.74 Å².